The van der Waals surface area contributed by atoms with E-state index >= 15 is 0 Å². The molecule has 1 fully saturated rings. The first-order valence-electron chi connectivity index (χ1n) is 7.88. The van der Waals surface area contributed by atoms with Crippen LogP contribution in [0.15, 0.2) is 48.5 Å². The molecule has 132 valence electrons. The molecule has 1 aliphatic rings. The van der Waals surface area contributed by atoms with E-state index in [4.69, 9.17) is 4.74 Å². The molecule has 0 spiro atoms. The maximum atomic E-state index is 12.9. The van der Waals surface area contributed by atoms with Gasteiger partial charge >= 0.3 is 10.2 Å². The normalized spacial score (nSPS) is 17.8. The van der Waals surface area contributed by atoms with Gasteiger partial charge in [0.2, 0.25) is 5.91 Å². The van der Waals surface area contributed by atoms with Gasteiger partial charge in [-0.25, -0.2) is 0 Å². The summed E-state index contributed by atoms with van der Waals surface area (Å²) in [7, 11) is -4.61. The van der Waals surface area contributed by atoms with E-state index < -0.39 is 21.9 Å². The third kappa shape index (κ3) is 4.36. The number of carbonyl (C=O) groups excluding carboxylic acids is 1. The summed E-state index contributed by atoms with van der Waals surface area (Å²) in [6.07, 6.45) is 0.00191. The third-order valence-corrected chi connectivity index (χ3v) is 4.88. The molecule has 0 N–H and O–H groups in total. The first-order valence-corrected chi connectivity index (χ1v) is 9.43. The lowest BCUT2D eigenvalue weighted by Gasteiger charge is -2.20. The number of hydrogen-bond donors (Lipinski definition) is 0. The van der Waals surface area contributed by atoms with E-state index in [1.165, 1.54) is 4.90 Å². The number of para-hydroxylation sites is 2. The number of benzene rings is 2. The number of ether oxygens (including phenoxy) is 1. The molecule has 1 saturated heterocycles. The first-order chi connectivity index (χ1) is 11.8. The van der Waals surface area contributed by atoms with Crippen LogP contribution in [0, 0.1) is 12.8 Å². The smallest absolute Gasteiger partial charge is 0.302 e. The highest BCUT2D eigenvalue weighted by atomic mass is 32.3. The minimum atomic E-state index is -4.61. The molecule has 2 aromatic carbocycles. The predicted molar refractivity (Wildman–Crippen MR) is 93.0 cm³/mol. The van der Waals surface area contributed by atoms with E-state index in [0.717, 1.165) is 5.56 Å². The number of halogens is 1. The van der Waals surface area contributed by atoms with Gasteiger partial charge in [-0.1, -0.05) is 24.3 Å². The Balaban J connectivity index is 1.84. The highest BCUT2D eigenvalue weighted by molar-refractivity contribution is 7.86. The molecule has 3 rings (SSSR count). The van der Waals surface area contributed by atoms with Crippen molar-refractivity contribution in [2.75, 3.05) is 17.2 Å². The molecule has 0 radical (unpaired) electrons. The van der Waals surface area contributed by atoms with Crippen molar-refractivity contribution in [1.82, 2.24) is 0 Å². The van der Waals surface area contributed by atoms with Crippen LogP contribution < -0.4 is 9.64 Å². The molecule has 5 nitrogen and oxygen atoms in total. The van der Waals surface area contributed by atoms with Crippen molar-refractivity contribution in [3.63, 3.8) is 0 Å². The largest absolute Gasteiger partial charge is 0.455 e. The summed E-state index contributed by atoms with van der Waals surface area (Å²) >= 11 is 0. The lowest BCUT2D eigenvalue weighted by molar-refractivity contribution is -0.117. The van der Waals surface area contributed by atoms with Crippen molar-refractivity contribution in [3.05, 3.63) is 54.1 Å². The van der Waals surface area contributed by atoms with Gasteiger partial charge in [-0.15, -0.1) is 3.89 Å². The Kier molecular flexibility index (Phi) is 4.76. The Morgan fingerprint density at radius 3 is 2.68 bits per heavy atom. The van der Waals surface area contributed by atoms with Crippen molar-refractivity contribution in [2.24, 2.45) is 5.92 Å². The second-order valence-corrected chi connectivity index (χ2v) is 7.58. The zero-order valence-electron chi connectivity index (χ0n) is 13.7. The van der Waals surface area contributed by atoms with Crippen LogP contribution in [0.25, 0.3) is 0 Å². The van der Waals surface area contributed by atoms with Gasteiger partial charge < -0.3 is 9.64 Å². The average molecular weight is 363 g/mol. The fourth-order valence-corrected chi connectivity index (χ4v) is 3.77. The first kappa shape index (κ1) is 17.4. The topological polar surface area (TPSA) is 63.7 Å². The number of amides is 1. The standard InChI is InChI=1S/C18H18FNO4S/c1-13-5-4-6-15(9-13)24-17-8-3-2-7-16(17)20-11-14(10-18(20)21)12-25(19,22)23/h2-9,14H,10-12H2,1H3. The molecule has 1 unspecified atom stereocenters. The molecule has 0 saturated carbocycles. The summed E-state index contributed by atoms with van der Waals surface area (Å²) in [5.41, 5.74) is 1.59. The summed E-state index contributed by atoms with van der Waals surface area (Å²) in [6, 6.07) is 14.5. The Morgan fingerprint density at radius 2 is 1.96 bits per heavy atom. The summed E-state index contributed by atoms with van der Waals surface area (Å²) in [6.45, 7) is 2.10. The quantitative estimate of drug-likeness (QED) is 0.764. The zero-order chi connectivity index (χ0) is 18.0. The molecule has 25 heavy (non-hydrogen) atoms. The molecule has 7 heteroatoms. The molecule has 2 aromatic rings. The summed E-state index contributed by atoms with van der Waals surface area (Å²) in [5, 5.41) is 0. The Morgan fingerprint density at radius 1 is 1.20 bits per heavy atom. The van der Waals surface area contributed by atoms with Crippen LogP contribution in [-0.4, -0.2) is 26.6 Å². The molecular weight excluding hydrogens is 345 g/mol. The lowest BCUT2D eigenvalue weighted by Crippen LogP contribution is -2.25. The van der Waals surface area contributed by atoms with Gasteiger partial charge in [0.25, 0.3) is 0 Å². The van der Waals surface area contributed by atoms with Crippen LogP contribution in [0.5, 0.6) is 11.5 Å². The van der Waals surface area contributed by atoms with E-state index in [0.29, 0.717) is 17.2 Å². The van der Waals surface area contributed by atoms with Gasteiger partial charge in [-0.3, -0.25) is 4.79 Å². The van der Waals surface area contributed by atoms with Crippen molar-refractivity contribution in [3.8, 4) is 11.5 Å². The molecule has 1 heterocycles. The van der Waals surface area contributed by atoms with Gasteiger partial charge in [0.05, 0.1) is 11.4 Å². The SMILES string of the molecule is Cc1cccc(Oc2ccccc2N2CC(CS(=O)(=O)F)CC2=O)c1. The molecular formula is C18H18FNO4S. The predicted octanol–water partition coefficient (Wildman–Crippen LogP) is 3.44. The van der Waals surface area contributed by atoms with Gasteiger partial charge in [-0.05, 0) is 36.8 Å². The van der Waals surface area contributed by atoms with Crippen molar-refractivity contribution < 1.29 is 21.8 Å². The highest BCUT2D eigenvalue weighted by Gasteiger charge is 2.34. The molecule has 1 atom stereocenters. The van der Waals surface area contributed by atoms with Gasteiger partial charge in [0, 0.05) is 18.9 Å². The third-order valence-electron chi connectivity index (χ3n) is 4.01. The van der Waals surface area contributed by atoms with E-state index in [9.17, 15) is 17.1 Å². The van der Waals surface area contributed by atoms with E-state index in [1.54, 1.807) is 24.3 Å². The van der Waals surface area contributed by atoms with E-state index in [2.05, 4.69) is 0 Å². The van der Waals surface area contributed by atoms with Gasteiger partial charge in [0.1, 0.15) is 5.75 Å². The van der Waals surface area contributed by atoms with Crippen LogP contribution in [-0.2, 0) is 15.0 Å². The number of hydrogen-bond acceptors (Lipinski definition) is 4. The summed E-state index contributed by atoms with van der Waals surface area (Å²) in [4.78, 5) is 13.7. The van der Waals surface area contributed by atoms with E-state index in [1.807, 2.05) is 31.2 Å². The second-order valence-electron chi connectivity index (χ2n) is 6.17. The number of nitrogens with zero attached hydrogens (tertiary/aromatic N) is 1. The van der Waals surface area contributed by atoms with E-state index in [-0.39, 0.29) is 18.9 Å². The van der Waals surface area contributed by atoms with Crippen LogP contribution in [0.4, 0.5) is 9.57 Å². The number of rotatable bonds is 5. The van der Waals surface area contributed by atoms with Crippen LogP contribution >= 0.6 is 0 Å². The number of carbonyl (C=O) groups is 1. The Hall–Kier alpha value is -2.41. The Labute approximate surface area is 146 Å². The minimum Gasteiger partial charge on any atom is -0.455 e. The maximum Gasteiger partial charge on any atom is 0.302 e. The van der Waals surface area contributed by atoms with Crippen molar-refractivity contribution in [1.29, 1.82) is 0 Å². The Bertz CT molecular complexity index is 897. The van der Waals surface area contributed by atoms with Crippen LogP contribution in [0.2, 0.25) is 0 Å². The molecule has 0 aliphatic carbocycles. The number of anilines is 1. The average Bonchev–Trinajstić information content (AvgIpc) is 2.86. The molecule has 1 aliphatic heterocycles. The second kappa shape index (κ2) is 6.84. The van der Waals surface area contributed by atoms with Crippen molar-refractivity contribution >= 4 is 21.8 Å². The van der Waals surface area contributed by atoms with Gasteiger partial charge in [-0.2, -0.15) is 8.42 Å². The highest BCUT2D eigenvalue weighted by Crippen LogP contribution is 2.36. The number of aryl methyl sites for hydroxylation is 1. The summed E-state index contributed by atoms with van der Waals surface area (Å²) < 4.78 is 40.5. The van der Waals surface area contributed by atoms with Gasteiger partial charge in [0.15, 0.2) is 5.75 Å². The molecule has 0 aromatic heterocycles. The fourth-order valence-electron chi connectivity index (χ4n) is 2.98. The molecule has 0 bridgehead atoms. The van der Waals surface area contributed by atoms with Crippen molar-refractivity contribution in [2.45, 2.75) is 13.3 Å². The van der Waals surface area contributed by atoms with Crippen LogP contribution in [0.3, 0.4) is 0 Å². The zero-order valence-corrected chi connectivity index (χ0v) is 14.5. The maximum absolute atomic E-state index is 12.9. The fraction of sp³-hybridized carbons (Fsp3) is 0.278. The monoisotopic (exact) mass is 363 g/mol. The van der Waals surface area contributed by atoms with Crippen LogP contribution in [0.1, 0.15) is 12.0 Å². The lowest BCUT2D eigenvalue weighted by atomic mass is 10.1. The molecule has 1 amide bonds. The summed E-state index contributed by atoms with van der Waals surface area (Å²) in [5.74, 6) is -0.313. The minimum absolute atomic E-state index is 0.00191.